The van der Waals surface area contributed by atoms with E-state index in [9.17, 15) is 13.2 Å². The molecule has 0 atom stereocenters. The lowest BCUT2D eigenvalue weighted by molar-refractivity contribution is -0.120. The number of sulfone groups is 1. The van der Waals surface area contributed by atoms with Crippen molar-refractivity contribution in [2.45, 2.75) is 42.8 Å². The predicted octanol–water partition coefficient (Wildman–Crippen LogP) is 0.990. The zero-order valence-electron chi connectivity index (χ0n) is 11.9. The molecule has 1 amide bonds. The molecule has 0 bridgehead atoms. The molecule has 0 radical (unpaired) electrons. The number of hydrogen-bond donors (Lipinski definition) is 3. The molecule has 0 unspecified atom stereocenters. The molecule has 1 aromatic heterocycles. The van der Waals surface area contributed by atoms with Gasteiger partial charge in [-0.1, -0.05) is 6.92 Å². The molecule has 9 heteroatoms. The van der Waals surface area contributed by atoms with Crippen LogP contribution in [0.15, 0.2) is 4.90 Å². The highest BCUT2D eigenvalue weighted by Crippen LogP contribution is 2.40. The minimum absolute atomic E-state index is 0.0461. The lowest BCUT2D eigenvalue weighted by atomic mass is 10.4. The molecule has 1 heterocycles. The number of hydrogen-bond acceptors (Lipinski definition) is 7. The third-order valence-corrected chi connectivity index (χ3v) is 6.41. The van der Waals surface area contributed by atoms with Gasteiger partial charge in [-0.25, -0.2) is 8.42 Å². The summed E-state index contributed by atoms with van der Waals surface area (Å²) in [5.41, 5.74) is 5.69. The van der Waals surface area contributed by atoms with Crippen molar-refractivity contribution in [3.05, 3.63) is 0 Å². The number of nitrogens with zero attached hydrogens (tertiary/aromatic N) is 1. The van der Waals surface area contributed by atoms with Gasteiger partial charge in [0.1, 0.15) is 9.90 Å². The second-order valence-electron chi connectivity index (χ2n) is 5.00. The SMILES string of the molecule is CCCNC(=O)CCNc1snc(N)c1S(=O)(=O)C1CC1. The maximum atomic E-state index is 12.3. The Morgan fingerprint density at radius 2 is 2.14 bits per heavy atom. The van der Waals surface area contributed by atoms with E-state index in [1.165, 1.54) is 0 Å². The van der Waals surface area contributed by atoms with Crippen LogP contribution in [0.2, 0.25) is 0 Å². The van der Waals surface area contributed by atoms with E-state index in [1.807, 2.05) is 6.92 Å². The predicted molar refractivity (Wildman–Crippen MR) is 83.1 cm³/mol. The molecule has 7 nitrogen and oxygen atoms in total. The van der Waals surface area contributed by atoms with E-state index >= 15 is 0 Å². The summed E-state index contributed by atoms with van der Waals surface area (Å²) in [5, 5.41) is 5.83. The van der Waals surface area contributed by atoms with Gasteiger partial charge in [-0.3, -0.25) is 4.79 Å². The van der Waals surface area contributed by atoms with Crippen LogP contribution < -0.4 is 16.4 Å². The van der Waals surface area contributed by atoms with Crippen LogP contribution in [0.1, 0.15) is 32.6 Å². The van der Waals surface area contributed by atoms with Gasteiger partial charge in [0.2, 0.25) is 5.91 Å². The Labute approximate surface area is 128 Å². The molecule has 0 aromatic carbocycles. The average molecular weight is 332 g/mol. The molecule has 1 aliphatic carbocycles. The number of nitrogens with one attached hydrogen (secondary N) is 2. The molecule has 118 valence electrons. The summed E-state index contributed by atoms with van der Waals surface area (Å²) in [4.78, 5) is 11.6. The van der Waals surface area contributed by atoms with Gasteiger partial charge >= 0.3 is 0 Å². The number of aromatic nitrogens is 1. The highest BCUT2D eigenvalue weighted by Gasteiger charge is 2.40. The summed E-state index contributed by atoms with van der Waals surface area (Å²) in [6.07, 6.45) is 2.52. The van der Waals surface area contributed by atoms with Gasteiger partial charge < -0.3 is 16.4 Å². The minimum atomic E-state index is -3.39. The van der Waals surface area contributed by atoms with Crippen molar-refractivity contribution in [2.24, 2.45) is 0 Å². The lowest BCUT2D eigenvalue weighted by Gasteiger charge is -2.08. The monoisotopic (exact) mass is 332 g/mol. The highest BCUT2D eigenvalue weighted by molar-refractivity contribution is 7.92. The van der Waals surface area contributed by atoms with Gasteiger partial charge in [-0.15, -0.1) is 0 Å². The Balaban J connectivity index is 1.97. The summed E-state index contributed by atoms with van der Waals surface area (Å²) < 4.78 is 28.5. The zero-order chi connectivity index (χ0) is 15.5. The summed E-state index contributed by atoms with van der Waals surface area (Å²) in [6, 6.07) is 0. The van der Waals surface area contributed by atoms with E-state index in [0.717, 1.165) is 18.0 Å². The van der Waals surface area contributed by atoms with Crippen LogP contribution in [0.4, 0.5) is 10.8 Å². The van der Waals surface area contributed by atoms with E-state index < -0.39 is 9.84 Å². The van der Waals surface area contributed by atoms with Crippen LogP contribution in [-0.4, -0.2) is 37.0 Å². The number of anilines is 2. The molecule has 0 spiro atoms. The molecular weight excluding hydrogens is 312 g/mol. The van der Waals surface area contributed by atoms with Crippen molar-refractivity contribution >= 4 is 38.1 Å². The normalized spacial score (nSPS) is 14.9. The Morgan fingerprint density at radius 3 is 2.76 bits per heavy atom. The summed E-state index contributed by atoms with van der Waals surface area (Å²) >= 11 is 1.02. The first-order valence-electron chi connectivity index (χ1n) is 6.96. The average Bonchev–Trinajstić information content (AvgIpc) is 3.22. The summed E-state index contributed by atoms with van der Waals surface area (Å²) in [7, 11) is -3.39. The molecule has 0 saturated heterocycles. The van der Waals surface area contributed by atoms with Crippen molar-refractivity contribution in [3.8, 4) is 0 Å². The molecule has 4 N–H and O–H groups in total. The summed E-state index contributed by atoms with van der Waals surface area (Å²) in [5.74, 6) is -0.0155. The molecule has 1 saturated carbocycles. The maximum absolute atomic E-state index is 12.3. The fourth-order valence-corrected chi connectivity index (χ4v) is 4.78. The van der Waals surface area contributed by atoms with Crippen molar-refractivity contribution < 1.29 is 13.2 Å². The quantitative estimate of drug-likeness (QED) is 0.654. The minimum Gasteiger partial charge on any atom is -0.382 e. The van der Waals surface area contributed by atoms with E-state index in [-0.39, 0.29) is 28.3 Å². The number of carbonyl (C=O) groups excluding carboxylic acids is 1. The van der Waals surface area contributed by atoms with Crippen LogP contribution in [0, 0.1) is 0 Å². The second kappa shape index (κ2) is 6.61. The van der Waals surface area contributed by atoms with E-state index in [1.54, 1.807) is 0 Å². The maximum Gasteiger partial charge on any atom is 0.221 e. The third kappa shape index (κ3) is 3.85. The van der Waals surface area contributed by atoms with Crippen LogP contribution in [0.25, 0.3) is 0 Å². The molecule has 1 aliphatic rings. The standard InChI is InChI=1S/C12H20N4O3S2/c1-2-6-14-9(17)5-7-15-12-10(11(13)16-20-12)21(18,19)8-3-4-8/h8,15H,2-7H2,1H3,(H2,13,16)(H,14,17). The topological polar surface area (TPSA) is 114 Å². The zero-order valence-corrected chi connectivity index (χ0v) is 13.5. The number of carbonyl (C=O) groups is 1. The molecular formula is C12H20N4O3S2. The highest BCUT2D eigenvalue weighted by atomic mass is 32.2. The lowest BCUT2D eigenvalue weighted by Crippen LogP contribution is -2.26. The fraction of sp³-hybridized carbons (Fsp3) is 0.667. The van der Waals surface area contributed by atoms with Crippen molar-refractivity contribution in [1.29, 1.82) is 0 Å². The first-order valence-corrected chi connectivity index (χ1v) is 9.28. The number of amides is 1. The van der Waals surface area contributed by atoms with Gasteiger partial charge in [0.05, 0.1) is 5.25 Å². The first kappa shape index (κ1) is 16.0. The largest absolute Gasteiger partial charge is 0.382 e. The van der Waals surface area contributed by atoms with Gasteiger partial charge in [0.25, 0.3) is 0 Å². The molecule has 0 aliphatic heterocycles. The Kier molecular flexibility index (Phi) is 5.04. The van der Waals surface area contributed by atoms with Crippen LogP contribution >= 0.6 is 11.5 Å². The molecule has 2 rings (SSSR count). The second-order valence-corrected chi connectivity index (χ2v) is 7.94. The number of rotatable bonds is 8. The van der Waals surface area contributed by atoms with E-state index in [0.29, 0.717) is 30.9 Å². The first-order chi connectivity index (χ1) is 9.96. The smallest absolute Gasteiger partial charge is 0.221 e. The van der Waals surface area contributed by atoms with Crippen molar-refractivity contribution in [1.82, 2.24) is 9.69 Å². The Hall–Kier alpha value is -1.35. The fourth-order valence-electron chi connectivity index (χ4n) is 1.87. The number of nitrogen functional groups attached to an aromatic ring is 1. The Bertz CT molecular complexity index is 608. The van der Waals surface area contributed by atoms with Gasteiger partial charge in [-0.05, 0) is 30.8 Å². The van der Waals surface area contributed by atoms with Gasteiger partial charge in [0.15, 0.2) is 15.7 Å². The van der Waals surface area contributed by atoms with Crippen LogP contribution in [0.3, 0.4) is 0 Å². The van der Waals surface area contributed by atoms with E-state index in [2.05, 4.69) is 15.0 Å². The van der Waals surface area contributed by atoms with Gasteiger partial charge in [0, 0.05) is 19.5 Å². The van der Waals surface area contributed by atoms with E-state index in [4.69, 9.17) is 5.73 Å². The van der Waals surface area contributed by atoms with Crippen LogP contribution in [-0.2, 0) is 14.6 Å². The summed E-state index contributed by atoms with van der Waals surface area (Å²) in [6.45, 7) is 2.98. The molecule has 1 aromatic rings. The van der Waals surface area contributed by atoms with Crippen molar-refractivity contribution in [2.75, 3.05) is 24.1 Å². The van der Waals surface area contributed by atoms with Crippen LogP contribution in [0.5, 0.6) is 0 Å². The van der Waals surface area contributed by atoms with Crippen molar-refractivity contribution in [3.63, 3.8) is 0 Å². The molecule has 21 heavy (non-hydrogen) atoms. The van der Waals surface area contributed by atoms with Gasteiger partial charge in [-0.2, -0.15) is 4.37 Å². The number of nitrogens with two attached hydrogens (primary N) is 1. The Morgan fingerprint density at radius 1 is 1.43 bits per heavy atom. The third-order valence-electron chi connectivity index (χ3n) is 3.13. The molecule has 1 fully saturated rings.